The summed E-state index contributed by atoms with van der Waals surface area (Å²) in [6.45, 7) is 2.94. The summed E-state index contributed by atoms with van der Waals surface area (Å²) in [7, 11) is -3.49. The summed E-state index contributed by atoms with van der Waals surface area (Å²) in [4.78, 5) is 14.8. The first-order chi connectivity index (χ1) is 14.5. The summed E-state index contributed by atoms with van der Waals surface area (Å²) in [5.41, 5.74) is 3.06. The Labute approximate surface area is 178 Å². The van der Waals surface area contributed by atoms with Crippen LogP contribution in [0.15, 0.2) is 65.6 Å². The summed E-state index contributed by atoms with van der Waals surface area (Å²) in [5, 5.41) is 2.85. The van der Waals surface area contributed by atoms with E-state index in [0.29, 0.717) is 18.8 Å². The van der Waals surface area contributed by atoms with Crippen LogP contribution in [-0.2, 0) is 14.8 Å². The molecule has 0 aromatic heterocycles. The summed E-state index contributed by atoms with van der Waals surface area (Å²) in [5.74, 6) is -0.137. The standard InChI is InChI=1S/C23H27N3O3S/c27-23(18-25-15-11-20(12-16-25)19-7-2-1-3-8-19)24-21-9-6-10-22(17-21)30(28,29)26-13-4-5-14-26/h1-3,6-11,17H,4-5,12-16,18H2,(H,24,27). The molecule has 30 heavy (non-hydrogen) atoms. The van der Waals surface area contributed by atoms with E-state index >= 15 is 0 Å². The molecule has 0 saturated carbocycles. The molecular weight excluding hydrogens is 398 g/mol. The molecule has 0 aliphatic carbocycles. The molecule has 2 aromatic carbocycles. The topological polar surface area (TPSA) is 69.7 Å². The lowest BCUT2D eigenvalue weighted by molar-refractivity contribution is -0.117. The zero-order valence-electron chi connectivity index (χ0n) is 17.0. The van der Waals surface area contributed by atoms with Gasteiger partial charge in [-0.3, -0.25) is 9.69 Å². The highest BCUT2D eigenvalue weighted by molar-refractivity contribution is 7.89. The van der Waals surface area contributed by atoms with Crippen molar-refractivity contribution in [2.24, 2.45) is 0 Å². The average molecular weight is 426 g/mol. The van der Waals surface area contributed by atoms with Gasteiger partial charge in [0.2, 0.25) is 15.9 Å². The van der Waals surface area contributed by atoms with Crippen molar-refractivity contribution in [1.82, 2.24) is 9.21 Å². The van der Waals surface area contributed by atoms with E-state index in [2.05, 4.69) is 28.4 Å². The van der Waals surface area contributed by atoms with E-state index in [9.17, 15) is 13.2 Å². The van der Waals surface area contributed by atoms with Crippen LogP contribution in [0.1, 0.15) is 24.8 Å². The van der Waals surface area contributed by atoms with Crippen molar-refractivity contribution in [2.45, 2.75) is 24.2 Å². The maximum Gasteiger partial charge on any atom is 0.243 e. The highest BCUT2D eigenvalue weighted by atomic mass is 32.2. The van der Waals surface area contributed by atoms with Crippen molar-refractivity contribution in [3.63, 3.8) is 0 Å². The lowest BCUT2D eigenvalue weighted by Crippen LogP contribution is -2.36. The van der Waals surface area contributed by atoms with Crippen molar-refractivity contribution in [3.8, 4) is 0 Å². The first-order valence-electron chi connectivity index (χ1n) is 10.4. The molecule has 158 valence electrons. The van der Waals surface area contributed by atoms with Crippen molar-refractivity contribution >= 4 is 27.2 Å². The second-order valence-corrected chi connectivity index (χ2v) is 9.71. The van der Waals surface area contributed by atoms with Gasteiger partial charge in [-0.1, -0.05) is 42.5 Å². The number of anilines is 1. The van der Waals surface area contributed by atoms with E-state index < -0.39 is 10.0 Å². The number of hydrogen-bond donors (Lipinski definition) is 1. The van der Waals surface area contributed by atoms with E-state index in [0.717, 1.165) is 32.4 Å². The lowest BCUT2D eigenvalue weighted by Gasteiger charge is -2.26. The van der Waals surface area contributed by atoms with Gasteiger partial charge in [0.15, 0.2) is 0 Å². The van der Waals surface area contributed by atoms with E-state index in [-0.39, 0.29) is 17.3 Å². The van der Waals surface area contributed by atoms with Crippen LogP contribution in [0, 0.1) is 0 Å². The molecule has 2 aliphatic rings. The summed E-state index contributed by atoms with van der Waals surface area (Å²) < 4.78 is 27.0. The van der Waals surface area contributed by atoms with Crippen molar-refractivity contribution < 1.29 is 13.2 Å². The van der Waals surface area contributed by atoms with E-state index in [1.54, 1.807) is 24.3 Å². The van der Waals surface area contributed by atoms with Gasteiger partial charge in [0.25, 0.3) is 0 Å². The number of hydrogen-bond acceptors (Lipinski definition) is 4. The number of carbonyl (C=O) groups excluding carboxylic acids is 1. The Kier molecular flexibility index (Phi) is 6.32. The van der Waals surface area contributed by atoms with Crippen molar-refractivity contribution in [1.29, 1.82) is 0 Å². The summed E-state index contributed by atoms with van der Waals surface area (Å²) >= 11 is 0. The molecule has 2 aromatic rings. The van der Waals surface area contributed by atoms with Crippen LogP contribution in [0.2, 0.25) is 0 Å². The monoisotopic (exact) mass is 425 g/mol. The maximum atomic E-state index is 12.7. The third-order valence-electron chi connectivity index (χ3n) is 5.63. The Morgan fingerprint density at radius 3 is 2.43 bits per heavy atom. The number of rotatable bonds is 6. The SMILES string of the molecule is O=C(CN1CC=C(c2ccccc2)CC1)Nc1cccc(S(=O)(=O)N2CCCC2)c1. The fourth-order valence-electron chi connectivity index (χ4n) is 3.98. The minimum absolute atomic E-state index is 0.137. The van der Waals surface area contributed by atoms with Gasteiger partial charge in [-0.25, -0.2) is 8.42 Å². The molecule has 1 N–H and O–H groups in total. The normalized spacial score (nSPS) is 18.2. The van der Waals surface area contributed by atoms with Gasteiger partial charge in [-0.15, -0.1) is 0 Å². The van der Waals surface area contributed by atoms with Crippen LogP contribution in [0.4, 0.5) is 5.69 Å². The van der Waals surface area contributed by atoms with Gasteiger partial charge in [-0.2, -0.15) is 4.31 Å². The second kappa shape index (κ2) is 9.12. The lowest BCUT2D eigenvalue weighted by atomic mass is 10.00. The second-order valence-electron chi connectivity index (χ2n) is 7.77. The van der Waals surface area contributed by atoms with E-state index in [4.69, 9.17) is 0 Å². The third kappa shape index (κ3) is 4.80. The number of carbonyl (C=O) groups is 1. The molecule has 0 radical (unpaired) electrons. The Hall–Kier alpha value is -2.48. The molecule has 0 atom stereocenters. The highest BCUT2D eigenvalue weighted by Crippen LogP contribution is 2.24. The molecule has 7 heteroatoms. The van der Waals surface area contributed by atoms with E-state index in [1.807, 2.05) is 18.2 Å². The summed E-state index contributed by atoms with van der Waals surface area (Å²) in [6.07, 6.45) is 4.87. The van der Waals surface area contributed by atoms with Crippen LogP contribution in [0.5, 0.6) is 0 Å². The molecule has 1 saturated heterocycles. The minimum atomic E-state index is -3.49. The van der Waals surface area contributed by atoms with Gasteiger partial charge in [-0.05, 0) is 48.6 Å². The molecule has 4 rings (SSSR count). The Bertz CT molecular complexity index is 1030. The molecule has 6 nitrogen and oxygen atoms in total. The third-order valence-corrected chi connectivity index (χ3v) is 7.52. The van der Waals surface area contributed by atoms with Gasteiger partial charge < -0.3 is 5.32 Å². The summed E-state index contributed by atoms with van der Waals surface area (Å²) in [6, 6.07) is 16.8. The Balaban J connectivity index is 1.35. The molecule has 0 bridgehead atoms. The molecule has 1 fully saturated rings. The number of benzene rings is 2. The zero-order chi connectivity index (χ0) is 21.0. The first-order valence-corrected chi connectivity index (χ1v) is 11.8. The smallest absolute Gasteiger partial charge is 0.243 e. The highest BCUT2D eigenvalue weighted by Gasteiger charge is 2.27. The molecule has 1 amide bonds. The van der Waals surface area contributed by atoms with Crippen LogP contribution in [0.25, 0.3) is 5.57 Å². The molecule has 0 unspecified atom stereocenters. The number of amides is 1. The molecule has 2 aliphatic heterocycles. The van der Waals surface area contributed by atoms with Crippen LogP contribution in [-0.4, -0.2) is 56.3 Å². The van der Waals surface area contributed by atoms with Crippen molar-refractivity contribution in [2.75, 3.05) is 38.0 Å². The molecular formula is C23H27N3O3S. The van der Waals surface area contributed by atoms with Crippen molar-refractivity contribution in [3.05, 3.63) is 66.2 Å². The number of nitrogens with zero attached hydrogens (tertiary/aromatic N) is 2. The Morgan fingerprint density at radius 1 is 0.967 bits per heavy atom. The number of nitrogens with one attached hydrogen (secondary N) is 1. The molecule has 2 heterocycles. The number of sulfonamides is 1. The largest absolute Gasteiger partial charge is 0.325 e. The Morgan fingerprint density at radius 2 is 1.73 bits per heavy atom. The first kappa shape index (κ1) is 20.8. The predicted octanol–water partition coefficient (Wildman–Crippen LogP) is 3.20. The maximum absolute atomic E-state index is 12.7. The van der Waals surface area contributed by atoms with Gasteiger partial charge in [0.1, 0.15) is 0 Å². The van der Waals surface area contributed by atoms with Crippen LogP contribution >= 0.6 is 0 Å². The minimum Gasteiger partial charge on any atom is -0.325 e. The average Bonchev–Trinajstić information content (AvgIpc) is 3.31. The van der Waals surface area contributed by atoms with Crippen LogP contribution in [0.3, 0.4) is 0 Å². The van der Waals surface area contributed by atoms with Crippen LogP contribution < -0.4 is 5.32 Å². The zero-order valence-corrected chi connectivity index (χ0v) is 17.8. The van der Waals surface area contributed by atoms with Gasteiger partial charge in [0.05, 0.1) is 11.4 Å². The predicted molar refractivity (Wildman–Crippen MR) is 119 cm³/mol. The van der Waals surface area contributed by atoms with Gasteiger partial charge >= 0.3 is 0 Å². The quantitative estimate of drug-likeness (QED) is 0.772. The van der Waals surface area contributed by atoms with Gasteiger partial charge in [0, 0.05) is 31.9 Å². The molecule has 0 spiro atoms. The fraction of sp³-hybridized carbons (Fsp3) is 0.348. The fourth-order valence-corrected chi connectivity index (χ4v) is 5.55. The van der Waals surface area contributed by atoms with E-state index in [1.165, 1.54) is 15.4 Å².